The van der Waals surface area contributed by atoms with E-state index in [9.17, 15) is 14.4 Å². The van der Waals surface area contributed by atoms with Crippen LogP contribution in [0.1, 0.15) is 27.8 Å². The van der Waals surface area contributed by atoms with Crippen molar-refractivity contribution in [3.8, 4) is 5.75 Å². The summed E-state index contributed by atoms with van der Waals surface area (Å²) < 4.78 is 5.53. The average molecular weight is 473 g/mol. The van der Waals surface area contributed by atoms with Crippen LogP contribution in [0, 0.1) is 20.8 Å². The first-order valence-corrected chi connectivity index (χ1v) is 11.1. The third kappa shape index (κ3) is 7.82. The smallest absolute Gasteiger partial charge is 0.329 e. The minimum Gasteiger partial charge on any atom is -0.484 e. The van der Waals surface area contributed by atoms with Crippen molar-refractivity contribution in [3.05, 3.63) is 94.5 Å². The van der Waals surface area contributed by atoms with E-state index in [1.165, 1.54) is 6.21 Å². The lowest BCUT2D eigenvalue weighted by atomic mass is 10.1. The first-order valence-electron chi connectivity index (χ1n) is 11.1. The minimum atomic E-state index is -0.858. The van der Waals surface area contributed by atoms with Crippen LogP contribution in [0.3, 0.4) is 0 Å². The molecule has 8 nitrogen and oxygen atoms in total. The summed E-state index contributed by atoms with van der Waals surface area (Å²) in [5.74, 6) is -1.38. The van der Waals surface area contributed by atoms with E-state index >= 15 is 0 Å². The number of nitrogens with one attached hydrogen (secondary N) is 3. The minimum absolute atomic E-state index is 0.130. The van der Waals surface area contributed by atoms with Crippen LogP contribution < -0.4 is 20.8 Å². The number of carbonyl (C=O) groups excluding carboxylic acids is 3. The van der Waals surface area contributed by atoms with Gasteiger partial charge in [-0.05, 0) is 73.4 Å². The molecule has 0 bridgehead atoms. The summed E-state index contributed by atoms with van der Waals surface area (Å²) in [6.45, 7) is 6.03. The van der Waals surface area contributed by atoms with Crippen LogP contribution in [0.25, 0.3) is 0 Å². The number of hydrazone groups is 1. The lowest BCUT2D eigenvalue weighted by Gasteiger charge is -2.11. The second-order valence-electron chi connectivity index (χ2n) is 8.02. The van der Waals surface area contributed by atoms with Crippen molar-refractivity contribution in [2.24, 2.45) is 5.10 Å². The Morgan fingerprint density at radius 1 is 0.886 bits per heavy atom. The standard InChI is InChI=1S/C27H28N4O4/c1-18-7-9-21(10-8-18)15-28-26(33)27(34)31-29-16-22-11-13-23(14-12-22)35-17-25(32)30-24-6-4-5-19(2)20(24)3/h4-14,16H,15,17H2,1-3H3,(H,28,33)(H,30,32)(H,31,34)/b29-16-. The Hall–Kier alpha value is -4.46. The number of amides is 3. The monoisotopic (exact) mass is 472 g/mol. The van der Waals surface area contributed by atoms with Gasteiger partial charge in [0.15, 0.2) is 6.61 Å². The topological polar surface area (TPSA) is 109 Å². The molecule has 0 radical (unpaired) electrons. The Bertz CT molecular complexity index is 1220. The first kappa shape index (κ1) is 25.2. The summed E-state index contributed by atoms with van der Waals surface area (Å²) >= 11 is 0. The highest BCUT2D eigenvalue weighted by molar-refractivity contribution is 6.35. The second kappa shape index (κ2) is 12.1. The highest BCUT2D eigenvalue weighted by Crippen LogP contribution is 2.18. The number of aryl methyl sites for hydroxylation is 2. The summed E-state index contributed by atoms with van der Waals surface area (Å²) in [5, 5.41) is 9.19. The van der Waals surface area contributed by atoms with Gasteiger partial charge >= 0.3 is 11.8 Å². The van der Waals surface area contributed by atoms with Crippen LogP contribution in [-0.2, 0) is 20.9 Å². The maximum absolute atomic E-state index is 12.2. The van der Waals surface area contributed by atoms with Crippen LogP contribution in [0.4, 0.5) is 5.69 Å². The zero-order valence-corrected chi connectivity index (χ0v) is 19.9. The molecular weight excluding hydrogens is 444 g/mol. The number of ether oxygens (including phenoxy) is 1. The number of nitrogens with zero attached hydrogens (tertiary/aromatic N) is 1. The molecule has 0 heterocycles. The Labute approximate surface area is 204 Å². The van der Waals surface area contributed by atoms with Crippen molar-refractivity contribution in [2.75, 3.05) is 11.9 Å². The Morgan fingerprint density at radius 3 is 2.31 bits per heavy atom. The van der Waals surface area contributed by atoms with Gasteiger partial charge < -0.3 is 15.4 Å². The van der Waals surface area contributed by atoms with Crippen molar-refractivity contribution >= 4 is 29.6 Å². The fourth-order valence-electron chi connectivity index (χ4n) is 3.06. The van der Waals surface area contributed by atoms with Gasteiger partial charge in [-0.15, -0.1) is 0 Å². The zero-order chi connectivity index (χ0) is 25.2. The Morgan fingerprint density at radius 2 is 1.60 bits per heavy atom. The van der Waals surface area contributed by atoms with Gasteiger partial charge in [-0.25, -0.2) is 5.43 Å². The van der Waals surface area contributed by atoms with Crippen LogP contribution in [0.2, 0.25) is 0 Å². The third-order valence-corrected chi connectivity index (χ3v) is 5.29. The second-order valence-corrected chi connectivity index (χ2v) is 8.02. The first-order chi connectivity index (χ1) is 16.8. The molecule has 180 valence electrons. The lowest BCUT2D eigenvalue weighted by Crippen LogP contribution is -2.37. The van der Waals surface area contributed by atoms with Crippen LogP contribution in [0.5, 0.6) is 5.75 Å². The Kier molecular flexibility index (Phi) is 8.72. The number of hydrogen-bond donors (Lipinski definition) is 3. The van der Waals surface area contributed by atoms with Crippen molar-refractivity contribution in [1.29, 1.82) is 0 Å². The number of rotatable bonds is 8. The van der Waals surface area contributed by atoms with Crippen molar-refractivity contribution in [1.82, 2.24) is 10.7 Å². The number of benzene rings is 3. The highest BCUT2D eigenvalue weighted by atomic mass is 16.5. The molecule has 35 heavy (non-hydrogen) atoms. The molecule has 0 aliphatic carbocycles. The van der Waals surface area contributed by atoms with Crippen LogP contribution in [-0.4, -0.2) is 30.5 Å². The molecule has 0 spiro atoms. The number of hydrogen-bond acceptors (Lipinski definition) is 5. The Balaban J connectivity index is 1.41. The molecule has 0 saturated heterocycles. The molecule has 0 atom stereocenters. The largest absolute Gasteiger partial charge is 0.484 e. The van der Waals surface area contributed by atoms with Gasteiger partial charge in [0.1, 0.15) is 5.75 Å². The van der Waals surface area contributed by atoms with E-state index in [-0.39, 0.29) is 19.1 Å². The number of anilines is 1. The molecule has 0 aliphatic heterocycles. The molecule has 8 heteroatoms. The van der Waals surface area contributed by atoms with Gasteiger partial charge in [0.25, 0.3) is 5.91 Å². The predicted molar refractivity (Wildman–Crippen MR) is 135 cm³/mol. The molecule has 3 amide bonds. The van der Waals surface area contributed by atoms with Gasteiger partial charge in [-0.2, -0.15) is 5.10 Å². The van der Waals surface area contributed by atoms with E-state index in [0.717, 1.165) is 27.9 Å². The SMILES string of the molecule is Cc1ccc(CNC(=O)C(=O)N/N=C\c2ccc(OCC(=O)Nc3cccc(C)c3C)cc2)cc1. The van der Waals surface area contributed by atoms with E-state index in [1.54, 1.807) is 24.3 Å². The van der Waals surface area contributed by atoms with E-state index < -0.39 is 11.8 Å². The summed E-state index contributed by atoms with van der Waals surface area (Å²) in [4.78, 5) is 36.0. The summed E-state index contributed by atoms with van der Waals surface area (Å²) in [6.07, 6.45) is 1.40. The summed E-state index contributed by atoms with van der Waals surface area (Å²) in [5.41, 5.74) is 7.76. The zero-order valence-electron chi connectivity index (χ0n) is 19.9. The molecule has 0 fully saturated rings. The van der Waals surface area contributed by atoms with E-state index in [0.29, 0.717) is 11.3 Å². The summed E-state index contributed by atoms with van der Waals surface area (Å²) in [7, 11) is 0. The molecular formula is C27H28N4O4. The predicted octanol–water partition coefficient (Wildman–Crippen LogP) is 3.40. The molecule has 3 rings (SSSR count). The number of carbonyl (C=O) groups is 3. The summed E-state index contributed by atoms with van der Waals surface area (Å²) in [6, 6.07) is 20.2. The molecule has 3 aromatic rings. The van der Waals surface area contributed by atoms with Crippen molar-refractivity contribution in [3.63, 3.8) is 0 Å². The molecule has 0 saturated carbocycles. The normalized spacial score (nSPS) is 10.6. The maximum Gasteiger partial charge on any atom is 0.329 e. The van der Waals surface area contributed by atoms with Gasteiger partial charge in [-0.3, -0.25) is 14.4 Å². The fourth-order valence-corrected chi connectivity index (χ4v) is 3.06. The van der Waals surface area contributed by atoms with Crippen LogP contribution in [0.15, 0.2) is 71.8 Å². The van der Waals surface area contributed by atoms with Gasteiger partial charge in [0.2, 0.25) is 0 Å². The van der Waals surface area contributed by atoms with E-state index in [1.807, 2.05) is 63.2 Å². The van der Waals surface area contributed by atoms with Crippen molar-refractivity contribution in [2.45, 2.75) is 27.3 Å². The molecule has 3 aromatic carbocycles. The third-order valence-electron chi connectivity index (χ3n) is 5.29. The van der Waals surface area contributed by atoms with Gasteiger partial charge in [0.05, 0.1) is 6.21 Å². The highest BCUT2D eigenvalue weighted by Gasteiger charge is 2.12. The van der Waals surface area contributed by atoms with E-state index in [2.05, 4.69) is 21.2 Å². The lowest BCUT2D eigenvalue weighted by molar-refractivity contribution is -0.139. The molecule has 0 unspecified atom stereocenters. The van der Waals surface area contributed by atoms with E-state index in [4.69, 9.17) is 4.74 Å². The quantitative estimate of drug-likeness (QED) is 0.265. The molecule has 3 N–H and O–H groups in total. The van der Waals surface area contributed by atoms with Crippen LogP contribution >= 0.6 is 0 Å². The average Bonchev–Trinajstić information content (AvgIpc) is 2.85. The van der Waals surface area contributed by atoms with Gasteiger partial charge in [-0.1, -0.05) is 42.0 Å². The van der Waals surface area contributed by atoms with Gasteiger partial charge in [0, 0.05) is 12.2 Å². The molecule has 0 aliphatic rings. The van der Waals surface area contributed by atoms with Crippen molar-refractivity contribution < 1.29 is 19.1 Å². The maximum atomic E-state index is 12.2. The molecule has 0 aromatic heterocycles. The fraction of sp³-hybridized carbons (Fsp3) is 0.185.